The molecule has 3 nitrogen and oxygen atoms in total. The average molecular weight is 168 g/mol. The highest BCUT2D eigenvalue weighted by molar-refractivity contribution is 5.76. The average Bonchev–Trinajstić information content (AvgIpc) is 2.02. The van der Waals surface area contributed by atoms with Crippen LogP contribution in [0.5, 0.6) is 0 Å². The first-order valence-electron chi connectivity index (χ1n) is 4.72. The lowest BCUT2D eigenvalue weighted by Gasteiger charge is -2.47. The first-order valence-corrected chi connectivity index (χ1v) is 4.72. The fraction of sp³-hybridized carbons (Fsp3) is 0.889. The standard InChI is InChI=1S/C9H16N2O/c10-8(12)7-1-3-9(4-2-7)5-11-6-9/h7,11H,1-6H2,(H2,10,12). The Balaban J connectivity index is 1.88. The first-order chi connectivity index (χ1) is 5.72. The van der Waals surface area contributed by atoms with Gasteiger partial charge >= 0.3 is 0 Å². The van der Waals surface area contributed by atoms with Crippen molar-refractivity contribution in [2.24, 2.45) is 17.1 Å². The molecule has 2 aliphatic rings. The highest BCUT2D eigenvalue weighted by atomic mass is 16.1. The molecule has 1 aliphatic carbocycles. The maximum atomic E-state index is 10.9. The zero-order chi connectivity index (χ0) is 8.60. The van der Waals surface area contributed by atoms with E-state index in [9.17, 15) is 4.79 Å². The van der Waals surface area contributed by atoms with Gasteiger partial charge in [-0.15, -0.1) is 0 Å². The molecular weight excluding hydrogens is 152 g/mol. The molecule has 2 rings (SSSR count). The number of primary amides is 1. The summed E-state index contributed by atoms with van der Waals surface area (Å²) >= 11 is 0. The van der Waals surface area contributed by atoms with Crippen molar-refractivity contribution in [3.63, 3.8) is 0 Å². The Morgan fingerprint density at radius 1 is 1.33 bits per heavy atom. The van der Waals surface area contributed by atoms with Crippen molar-refractivity contribution >= 4 is 5.91 Å². The fourth-order valence-corrected chi connectivity index (χ4v) is 2.35. The summed E-state index contributed by atoms with van der Waals surface area (Å²) < 4.78 is 0. The van der Waals surface area contributed by atoms with Crippen LogP contribution in [0.2, 0.25) is 0 Å². The van der Waals surface area contributed by atoms with Crippen LogP contribution in [0.25, 0.3) is 0 Å². The Hall–Kier alpha value is -0.570. The minimum atomic E-state index is -0.0999. The van der Waals surface area contributed by atoms with Gasteiger partial charge in [0.1, 0.15) is 0 Å². The molecular formula is C9H16N2O. The van der Waals surface area contributed by atoms with E-state index in [1.165, 1.54) is 12.8 Å². The molecule has 1 amide bonds. The molecule has 68 valence electrons. The number of carbonyl (C=O) groups excluding carboxylic acids is 1. The third kappa shape index (κ3) is 1.22. The Morgan fingerprint density at radius 2 is 1.92 bits per heavy atom. The van der Waals surface area contributed by atoms with E-state index in [4.69, 9.17) is 5.73 Å². The number of amides is 1. The third-order valence-corrected chi connectivity index (χ3v) is 3.45. The molecule has 0 atom stereocenters. The van der Waals surface area contributed by atoms with Gasteiger partial charge in [-0.05, 0) is 31.1 Å². The molecule has 0 aromatic heterocycles. The summed E-state index contributed by atoms with van der Waals surface area (Å²) in [5.74, 6) is 0.0633. The monoisotopic (exact) mass is 168 g/mol. The molecule has 0 aromatic rings. The number of carbonyl (C=O) groups is 1. The van der Waals surface area contributed by atoms with Crippen LogP contribution < -0.4 is 11.1 Å². The molecule has 3 N–H and O–H groups in total. The Kier molecular flexibility index (Phi) is 1.83. The van der Waals surface area contributed by atoms with Crippen LogP contribution in [0, 0.1) is 11.3 Å². The fourth-order valence-electron chi connectivity index (χ4n) is 2.35. The summed E-state index contributed by atoms with van der Waals surface area (Å²) in [5.41, 5.74) is 5.81. The summed E-state index contributed by atoms with van der Waals surface area (Å²) in [7, 11) is 0. The Labute approximate surface area is 72.7 Å². The second-order valence-corrected chi connectivity index (χ2v) is 4.28. The number of nitrogens with two attached hydrogens (primary N) is 1. The molecule has 0 aromatic carbocycles. The lowest BCUT2D eigenvalue weighted by atomic mass is 9.67. The summed E-state index contributed by atoms with van der Waals surface area (Å²) in [5, 5.41) is 3.30. The van der Waals surface area contributed by atoms with Gasteiger partial charge in [0.25, 0.3) is 0 Å². The molecule has 1 saturated carbocycles. The van der Waals surface area contributed by atoms with Crippen molar-refractivity contribution in [2.75, 3.05) is 13.1 Å². The van der Waals surface area contributed by atoms with E-state index < -0.39 is 0 Å². The molecule has 0 radical (unpaired) electrons. The van der Waals surface area contributed by atoms with E-state index in [1.807, 2.05) is 0 Å². The zero-order valence-corrected chi connectivity index (χ0v) is 7.31. The van der Waals surface area contributed by atoms with Gasteiger partial charge in [0.15, 0.2) is 0 Å². The van der Waals surface area contributed by atoms with E-state index in [0.717, 1.165) is 25.9 Å². The van der Waals surface area contributed by atoms with Gasteiger partial charge in [-0.2, -0.15) is 0 Å². The van der Waals surface area contributed by atoms with Crippen molar-refractivity contribution in [3.05, 3.63) is 0 Å². The molecule has 0 unspecified atom stereocenters. The molecule has 1 saturated heterocycles. The van der Waals surface area contributed by atoms with Crippen LogP contribution >= 0.6 is 0 Å². The predicted molar refractivity (Wildman–Crippen MR) is 46.5 cm³/mol. The van der Waals surface area contributed by atoms with Crippen molar-refractivity contribution in [1.29, 1.82) is 0 Å². The van der Waals surface area contributed by atoms with Gasteiger partial charge in [0.05, 0.1) is 0 Å². The van der Waals surface area contributed by atoms with Crippen LogP contribution in [-0.2, 0) is 4.79 Å². The molecule has 3 heteroatoms. The van der Waals surface area contributed by atoms with Gasteiger partial charge in [-0.3, -0.25) is 4.79 Å². The quantitative estimate of drug-likeness (QED) is 0.589. The maximum Gasteiger partial charge on any atom is 0.220 e. The van der Waals surface area contributed by atoms with Crippen molar-refractivity contribution in [1.82, 2.24) is 5.32 Å². The molecule has 0 bridgehead atoms. The minimum absolute atomic E-state index is 0.0999. The maximum absolute atomic E-state index is 10.9. The van der Waals surface area contributed by atoms with Crippen molar-refractivity contribution < 1.29 is 4.79 Å². The summed E-state index contributed by atoms with van der Waals surface area (Å²) in [6, 6.07) is 0. The lowest BCUT2D eigenvalue weighted by molar-refractivity contribution is -0.123. The zero-order valence-electron chi connectivity index (χ0n) is 7.31. The Morgan fingerprint density at radius 3 is 2.25 bits per heavy atom. The third-order valence-electron chi connectivity index (χ3n) is 3.45. The Bertz CT molecular complexity index is 189. The first kappa shape index (κ1) is 8.05. The molecule has 1 spiro atoms. The lowest BCUT2D eigenvalue weighted by Crippen LogP contribution is -2.55. The van der Waals surface area contributed by atoms with Gasteiger partial charge in [0.2, 0.25) is 5.91 Å². The summed E-state index contributed by atoms with van der Waals surface area (Å²) in [4.78, 5) is 10.9. The van der Waals surface area contributed by atoms with Crippen molar-refractivity contribution in [2.45, 2.75) is 25.7 Å². The van der Waals surface area contributed by atoms with Crippen LogP contribution in [0.3, 0.4) is 0 Å². The topological polar surface area (TPSA) is 55.1 Å². The van der Waals surface area contributed by atoms with Crippen LogP contribution in [-0.4, -0.2) is 19.0 Å². The highest BCUT2D eigenvalue weighted by Gasteiger charge is 2.40. The number of hydrogen-bond donors (Lipinski definition) is 2. The smallest absolute Gasteiger partial charge is 0.220 e. The van der Waals surface area contributed by atoms with E-state index in [0.29, 0.717) is 5.41 Å². The summed E-state index contributed by atoms with van der Waals surface area (Å²) in [6.45, 7) is 2.30. The largest absolute Gasteiger partial charge is 0.369 e. The van der Waals surface area contributed by atoms with Crippen LogP contribution in [0.1, 0.15) is 25.7 Å². The van der Waals surface area contributed by atoms with Gasteiger partial charge in [0, 0.05) is 19.0 Å². The van der Waals surface area contributed by atoms with E-state index in [2.05, 4.69) is 5.32 Å². The summed E-state index contributed by atoms with van der Waals surface area (Å²) in [6.07, 6.45) is 4.40. The number of hydrogen-bond acceptors (Lipinski definition) is 2. The highest BCUT2D eigenvalue weighted by Crippen LogP contribution is 2.41. The molecule has 1 heterocycles. The van der Waals surface area contributed by atoms with Gasteiger partial charge in [-0.1, -0.05) is 0 Å². The van der Waals surface area contributed by atoms with Gasteiger partial charge < -0.3 is 11.1 Å². The normalized spacial score (nSPS) is 28.3. The SMILES string of the molecule is NC(=O)C1CCC2(CC1)CNC2. The van der Waals surface area contributed by atoms with Crippen LogP contribution in [0.4, 0.5) is 0 Å². The second kappa shape index (κ2) is 2.73. The predicted octanol–water partition coefficient (Wildman–Crippen LogP) is 0.251. The number of nitrogens with one attached hydrogen (secondary N) is 1. The van der Waals surface area contributed by atoms with Gasteiger partial charge in [-0.25, -0.2) is 0 Å². The van der Waals surface area contributed by atoms with Crippen molar-refractivity contribution in [3.8, 4) is 0 Å². The molecule has 2 fully saturated rings. The van der Waals surface area contributed by atoms with Crippen LogP contribution in [0.15, 0.2) is 0 Å². The van der Waals surface area contributed by atoms with E-state index >= 15 is 0 Å². The van der Waals surface area contributed by atoms with E-state index in [1.54, 1.807) is 0 Å². The number of rotatable bonds is 1. The minimum Gasteiger partial charge on any atom is -0.369 e. The molecule has 1 aliphatic heterocycles. The second-order valence-electron chi connectivity index (χ2n) is 4.28. The molecule has 12 heavy (non-hydrogen) atoms. The van der Waals surface area contributed by atoms with E-state index in [-0.39, 0.29) is 11.8 Å².